The molecule has 1 saturated carbocycles. The molecule has 1 aromatic rings. The van der Waals surface area contributed by atoms with Gasteiger partial charge in [0.25, 0.3) is 0 Å². The quantitative estimate of drug-likeness (QED) is 0.382. The zero-order valence-electron chi connectivity index (χ0n) is 10.5. The fourth-order valence-electron chi connectivity index (χ4n) is 2.25. The van der Waals surface area contributed by atoms with E-state index in [9.17, 15) is 15.2 Å². The number of aliphatic hydroxyl groups excluding tert-OH is 1. The fraction of sp³-hybridized carbons (Fsp3) is 0.600. The fourth-order valence-corrected chi connectivity index (χ4v) is 2.25. The lowest BCUT2D eigenvalue weighted by Crippen LogP contribution is -2.37. The van der Waals surface area contributed by atoms with Gasteiger partial charge in [-0.3, -0.25) is 10.1 Å². The summed E-state index contributed by atoms with van der Waals surface area (Å²) in [5.41, 5.74) is 1.96. The maximum absolute atomic E-state index is 11.1. The Bertz CT molecular complexity index is 476. The summed E-state index contributed by atoms with van der Waals surface area (Å²) in [6.07, 6.45) is 2.40. The summed E-state index contributed by atoms with van der Waals surface area (Å²) in [4.78, 5) is 19.9. The van der Waals surface area contributed by atoms with Crippen LogP contribution >= 0.6 is 0 Å². The third-order valence-corrected chi connectivity index (χ3v) is 3.23. The summed E-state index contributed by atoms with van der Waals surface area (Å²) >= 11 is 0. The van der Waals surface area contributed by atoms with Gasteiger partial charge in [-0.2, -0.15) is 0 Å². The second-order valence-electron chi connectivity index (χ2n) is 4.67. The zero-order valence-corrected chi connectivity index (χ0v) is 10.5. The van der Waals surface area contributed by atoms with E-state index in [4.69, 9.17) is 5.84 Å². The van der Waals surface area contributed by atoms with Crippen molar-refractivity contribution in [1.82, 2.24) is 9.97 Å². The molecule has 1 heterocycles. The van der Waals surface area contributed by atoms with Crippen LogP contribution in [0.2, 0.25) is 0 Å². The second kappa shape index (κ2) is 5.33. The van der Waals surface area contributed by atoms with Gasteiger partial charge in [0.15, 0.2) is 0 Å². The largest absolute Gasteiger partial charge is 0.393 e. The number of hydrogen-bond donors (Lipinski definition) is 3. The first kappa shape index (κ1) is 13.4. The Morgan fingerprint density at radius 2 is 2.32 bits per heavy atom. The summed E-state index contributed by atoms with van der Waals surface area (Å²) in [5, 5.41) is 20.3. The summed E-state index contributed by atoms with van der Waals surface area (Å²) < 4.78 is 0. The topological polar surface area (TPSA) is 130 Å². The van der Waals surface area contributed by atoms with Crippen LogP contribution in [0.3, 0.4) is 0 Å². The van der Waals surface area contributed by atoms with Crippen molar-refractivity contribution < 1.29 is 10.0 Å². The van der Waals surface area contributed by atoms with Crippen LogP contribution in [0.15, 0.2) is 6.33 Å². The average Bonchev–Trinajstić information content (AvgIpc) is 2.35. The van der Waals surface area contributed by atoms with E-state index in [1.165, 1.54) is 6.33 Å². The highest BCUT2D eigenvalue weighted by atomic mass is 16.6. The summed E-state index contributed by atoms with van der Waals surface area (Å²) in [6.45, 7) is 0.596. The van der Waals surface area contributed by atoms with E-state index in [0.29, 0.717) is 25.3 Å². The molecule has 0 spiro atoms. The molecular weight excluding hydrogens is 252 g/mol. The van der Waals surface area contributed by atoms with Crippen molar-refractivity contribution in [2.75, 3.05) is 23.9 Å². The number of nitrogens with one attached hydrogen (secondary N) is 1. The molecule has 1 aromatic heterocycles. The van der Waals surface area contributed by atoms with E-state index in [1.54, 1.807) is 11.9 Å². The van der Waals surface area contributed by atoms with Gasteiger partial charge >= 0.3 is 5.69 Å². The van der Waals surface area contributed by atoms with E-state index >= 15 is 0 Å². The molecule has 0 radical (unpaired) electrons. The van der Waals surface area contributed by atoms with Crippen LogP contribution in [0.1, 0.15) is 12.8 Å². The smallest absolute Gasteiger partial charge is 0.354 e. The molecule has 0 saturated heterocycles. The number of aromatic nitrogens is 2. The molecule has 104 valence electrons. The number of rotatable bonds is 5. The monoisotopic (exact) mass is 268 g/mol. The standard InChI is InChI=1S/C10H16N6O3/c1-15(4-6-2-7(17)3-6)10-8(16(18)19)9(14-11)12-5-13-10/h5-7,17H,2-4,11H2,1H3,(H,12,13,14). The number of nitrogens with zero attached hydrogens (tertiary/aromatic N) is 4. The van der Waals surface area contributed by atoms with E-state index < -0.39 is 4.92 Å². The first-order valence-electron chi connectivity index (χ1n) is 5.88. The summed E-state index contributed by atoms with van der Waals surface area (Å²) in [5.74, 6) is 5.74. The van der Waals surface area contributed by atoms with Gasteiger partial charge in [-0.1, -0.05) is 0 Å². The molecule has 19 heavy (non-hydrogen) atoms. The third kappa shape index (κ3) is 2.71. The molecular formula is C10H16N6O3. The number of hydrazine groups is 1. The lowest BCUT2D eigenvalue weighted by Gasteiger charge is -2.34. The van der Waals surface area contributed by atoms with Crippen molar-refractivity contribution in [3.63, 3.8) is 0 Å². The Kier molecular flexibility index (Phi) is 3.76. The van der Waals surface area contributed by atoms with Crippen LogP contribution < -0.4 is 16.2 Å². The Labute approximate surface area is 109 Å². The molecule has 9 nitrogen and oxygen atoms in total. The predicted molar refractivity (Wildman–Crippen MR) is 68.5 cm³/mol. The van der Waals surface area contributed by atoms with Crippen LogP contribution in [0, 0.1) is 16.0 Å². The predicted octanol–water partition coefficient (Wildman–Crippen LogP) is -0.122. The maximum Gasteiger partial charge on any atom is 0.354 e. The molecule has 0 aromatic carbocycles. The van der Waals surface area contributed by atoms with Gasteiger partial charge in [0.2, 0.25) is 11.6 Å². The Balaban J connectivity index is 2.20. The minimum atomic E-state index is -0.559. The molecule has 4 N–H and O–H groups in total. The van der Waals surface area contributed by atoms with Gasteiger partial charge in [0, 0.05) is 13.6 Å². The number of nitro groups is 1. The number of nitrogen functional groups attached to an aromatic ring is 1. The first-order valence-corrected chi connectivity index (χ1v) is 5.88. The second-order valence-corrected chi connectivity index (χ2v) is 4.67. The number of hydrogen-bond acceptors (Lipinski definition) is 8. The Morgan fingerprint density at radius 1 is 1.63 bits per heavy atom. The van der Waals surface area contributed by atoms with Crippen LogP contribution in [-0.2, 0) is 0 Å². The molecule has 0 amide bonds. The van der Waals surface area contributed by atoms with Crippen molar-refractivity contribution in [3.05, 3.63) is 16.4 Å². The molecule has 0 aliphatic heterocycles. The van der Waals surface area contributed by atoms with E-state index in [-0.39, 0.29) is 23.4 Å². The lowest BCUT2D eigenvalue weighted by molar-refractivity contribution is -0.383. The normalized spacial score (nSPS) is 21.6. The van der Waals surface area contributed by atoms with Gasteiger partial charge in [0.1, 0.15) is 6.33 Å². The minimum absolute atomic E-state index is 0.0181. The summed E-state index contributed by atoms with van der Waals surface area (Å²) in [7, 11) is 1.72. The minimum Gasteiger partial charge on any atom is -0.393 e. The van der Waals surface area contributed by atoms with Crippen LogP contribution in [0.25, 0.3) is 0 Å². The highest BCUT2D eigenvalue weighted by molar-refractivity contribution is 5.69. The van der Waals surface area contributed by atoms with Crippen molar-refractivity contribution in [3.8, 4) is 0 Å². The van der Waals surface area contributed by atoms with Crippen LogP contribution in [-0.4, -0.2) is 39.7 Å². The molecule has 9 heteroatoms. The number of anilines is 2. The van der Waals surface area contributed by atoms with E-state index in [1.807, 2.05) is 0 Å². The van der Waals surface area contributed by atoms with Gasteiger partial charge in [0.05, 0.1) is 11.0 Å². The number of nitrogens with two attached hydrogens (primary N) is 1. The van der Waals surface area contributed by atoms with E-state index in [0.717, 1.165) is 0 Å². The average molecular weight is 268 g/mol. The first-order chi connectivity index (χ1) is 9.02. The zero-order chi connectivity index (χ0) is 14.0. The molecule has 1 aliphatic carbocycles. The molecule has 0 bridgehead atoms. The highest BCUT2D eigenvalue weighted by Crippen LogP contribution is 2.33. The third-order valence-electron chi connectivity index (χ3n) is 3.23. The highest BCUT2D eigenvalue weighted by Gasteiger charge is 2.31. The van der Waals surface area contributed by atoms with Crippen molar-refractivity contribution in [2.45, 2.75) is 18.9 Å². The summed E-state index contributed by atoms with van der Waals surface area (Å²) in [6, 6.07) is 0. The molecule has 2 rings (SSSR count). The van der Waals surface area contributed by atoms with Crippen LogP contribution in [0.5, 0.6) is 0 Å². The van der Waals surface area contributed by atoms with Crippen LogP contribution in [0.4, 0.5) is 17.3 Å². The maximum atomic E-state index is 11.1. The van der Waals surface area contributed by atoms with Gasteiger partial charge < -0.3 is 15.4 Å². The number of aliphatic hydroxyl groups is 1. The molecule has 0 unspecified atom stereocenters. The van der Waals surface area contributed by atoms with Gasteiger partial charge in [-0.05, 0) is 18.8 Å². The Hall–Kier alpha value is -2.00. The lowest BCUT2D eigenvalue weighted by atomic mass is 9.82. The van der Waals surface area contributed by atoms with Crippen molar-refractivity contribution in [2.24, 2.45) is 11.8 Å². The van der Waals surface area contributed by atoms with E-state index in [2.05, 4.69) is 15.4 Å². The molecule has 1 fully saturated rings. The van der Waals surface area contributed by atoms with Gasteiger partial charge in [-0.25, -0.2) is 15.8 Å². The SMILES string of the molecule is CN(CC1CC(O)C1)c1ncnc(NN)c1[N+](=O)[O-]. The van der Waals surface area contributed by atoms with Crippen molar-refractivity contribution in [1.29, 1.82) is 0 Å². The van der Waals surface area contributed by atoms with Crippen molar-refractivity contribution >= 4 is 17.3 Å². The Morgan fingerprint density at radius 3 is 2.84 bits per heavy atom. The van der Waals surface area contributed by atoms with Gasteiger partial charge in [-0.15, -0.1) is 0 Å². The molecule has 1 aliphatic rings. The molecule has 0 atom stereocenters.